The van der Waals surface area contributed by atoms with Crippen LogP contribution >= 0.6 is 0 Å². The van der Waals surface area contributed by atoms with Crippen LogP contribution in [0.15, 0.2) is 182 Å². The van der Waals surface area contributed by atoms with Gasteiger partial charge in [-0.05, 0) is 93.7 Å². The van der Waals surface area contributed by atoms with E-state index in [1.54, 1.807) is 0 Å². The Hall–Kier alpha value is -5.98. The summed E-state index contributed by atoms with van der Waals surface area (Å²) in [6.07, 6.45) is 0. The van der Waals surface area contributed by atoms with E-state index in [-0.39, 0.29) is 45.7 Å². The highest BCUT2D eigenvalue weighted by atomic mass is 14.2. The third-order valence-electron chi connectivity index (χ3n) is 8.91. The Labute approximate surface area is 280 Å². The molecule has 0 aliphatic rings. The standard InChI is InChI=1S/C46H30/c1-2-14-31(15-3-1)37-28-29-44(39-22-7-6-21-38(37)39)46-42-25-10-8-23-40(42)45(41-24-9-11-26-43(41)46)34-19-12-18-33(30-34)36-27-13-17-32-16-4-5-20-35(32)36/h1-30H/i8D,9D,10D,11D,23D,24D,25D,26D. The zero-order valence-electron chi connectivity index (χ0n) is 32.7. The fraction of sp³-hybridized carbons (Fsp3) is 0. The van der Waals surface area contributed by atoms with E-state index in [0.717, 1.165) is 43.8 Å². The fourth-order valence-electron chi connectivity index (χ4n) is 6.89. The van der Waals surface area contributed by atoms with Gasteiger partial charge in [0, 0.05) is 0 Å². The molecule has 0 N–H and O–H groups in total. The fourth-order valence-corrected chi connectivity index (χ4v) is 6.89. The summed E-state index contributed by atoms with van der Waals surface area (Å²) in [5.74, 6) is 0. The largest absolute Gasteiger partial charge is 0.0629 e. The van der Waals surface area contributed by atoms with Gasteiger partial charge in [0.25, 0.3) is 0 Å². The Morgan fingerprint density at radius 2 is 0.783 bits per heavy atom. The van der Waals surface area contributed by atoms with Crippen LogP contribution in [0.2, 0.25) is 0 Å². The van der Waals surface area contributed by atoms with Gasteiger partial charge >= 0.3 is 0 Å². The van der Waals surface area contributed by atoms with Gasteiger partial charge in [-0.1, -0.05) is 176 Å². The van der Waals surface area contributed by atoms with E-state index in [0.29, 0.717) is 22.3 Å². The molecule has 0 heterocycles. The van der Waals surface area contributed by atoms with Crippen molar-refractivity contribution in [2.75, 3.05) is 0 Å². The lowest BCUT2D eigenvalue weighted by Crippen LogP contribution is -1.92. The third-order valence-corrected chi connectivity index (χ3v) is 8.91. The molecule has 0 aliphatic heterocycles. The summed E-state index contributed by atoms with van der Waals surface area (Å²) in [4.78, 5) is 0. The number of fused-ring (bicyclic) bond motifs is 4. The van der Waals surface area contributed by atoms with Gasteiger partial charge in [-0.2, -0.15) is 0 Å². The van der Waals surface area contributed by atoms with Gasteiger partial charge in [0.05, 0.1) is 11.0 Å². The van der Waals surface area contributed by atoms with Gasteiger partial charge in [-0.15, -0.1) is 0 Å². The highest BCUT2D eigenvalue weighted by molar-refractivity contribution is 6.24. The van der Waals surface area contributed by atoms with Crippen LogP contribution in [0.3, 0.4) is 0 Å². The second-order valence-electron chi connectivity index (χ2n) is 11.4. The van der Waals surface area contributed by atoms with Crippen LogP contribution in [0, 0.1) is 0 Å². The van der Waals surface area contributed by atoms with Crippen LogP contribution < -0.4 is 0 Å². The zero-order valence-corrected chi connectivity index (χ0v) is 24.7. The van der Waals surface area contributed by atoms with Crippen LogP contribution in [0.4, 0.5) is 0 Å². The molecular formula is C46H30. The minimum absolute atomic E-state index is 0.194. The van der Waals surface area contributed by atoms with E-state index in [9.17, 15) is 5.48 Å². The summed E-state index contributed by atoms with van der Waals surface area (Å²) in [5, 5.41) is 4.57. The molecule has 0 unspecified atom stereocenters. The molecule has 0 nitrogen and oxygen atoms in total. The molecule has 0 radical (unpaired) electrons. The van der Waals surface area contributed by atoms with E-state index in [2.05, 4.69) is 6.07 Å². The molecule has 0 aliphatic carbocycles. The summed E-state index contributed by atoms with van der Waals surface area (Å²) in [6, 6.07) is 40.6. The lowest BCUT2D eigenvalue weighted by Gasteiger charge is -2.20. The van der Waals surface area contributed by atoms with E-state index in [4.69, 9.17) is 5.48 Å². The average molecular weight is 591 g/mol. The Morgan fingerprint density at radius 3 is 1.50 bits per heavy atom. The quantitative estimate of drug-likeness (QED) is 0.179. The van der Waals surface area contributed by atoms with E-state index < -0.39 is 24.2 Å². The molecule has 9 aromatic carbocycles. The minimum Gasteiger partial charge on any atom is -0.0622 e. The maximum atomic E-state index is 9.44. The monoisotopic (exact) mass is 590 g/mol. The number of rotatable bonds is 4. The number of benzene rings is 9. The number of hydrogen-bond donors (Lipinski definition) is 0. The van der Waals surface area contributed by atoms with Crippen molar-refractivity contribution in [2.45, 2.75) is 0 Å². The van der Waals surface area contributed by atoms with Gasteiger partial charge in [0.15, 0.2) is 0 Å². The molecule has 0 aromatic heterocycles. The Kier molecular flexibility index (Phi) is 4.59. The van der Waals surface area contributed by atoms with Crippen LogP contribution in [0.25, 0.3) is 87.6 Å². The minimum atomic E-state index is -0.422. The molecular weight excluding hydrogens is 553 g/mol. The van der Waals surface area contributed by atoms with Crippen LogP contribution in [0.5, 0.6) is 0 Å². The van der Waals surface area contributed by atoms with E-state index in [1.807, 2.05) is 127 Å². The zero-order chi connectivity index (χ0) is 37.4. The first kappa shape index (κ1) is 19.4. The van der Waals surface area contributed by atoms with Crippen molar-refractivity contribution in [2.24, 2.45) is 0 Å². The van der Waals surface area contributed by atoms with Gasteiger partial charge < -0.3 is 0 Å². The van der Waals surface area contributed by atoms with Crippen molar-refractivity contribution in [3.05, 3.63) is 182 Å². The molecule has 0 saturated carbocycles. The Balaban J connectivity index is 1.49. The summed E-state index contributed by atoms with van der Waals surface area (Å²) in [6.45, 7) is 0. The average Bonchev–Trinajstić information content (AvgIpc) is 3.22. The normalized spacial score (nSPS) is 13.9. The van der Waals surface area contributed by atoms with E-state index in [1.165, 1.54) is 0 Å². The summed E-state index contributed by atoms with van der Waals surface area (Å²) in [5.41, 5.74) is 5.63. The predicted molar refractivity (Wildman–Crippen MR) is 198 cm³/mol. The Morgan fingerprint density at radius 1 is 0.304 bits per heavy atom. The lowest BCUT2D eigenvalue weighted by atomic mass is 9.83. The van der Waals surface area contributed by atoms with Gasteiger partial charge in [0.1, 0.15) is 0 Å². The predicted octanol–water partition coefficient (Wildman–Crippen LogP) is 13.0. The molecule has 0 heteroatoms. The van der Waals surface area contributed by atoms with Crippen molar-refractivity contribution in [1.29, 1.82) is 0 Å². The second kappa shape index (κ2) is 10.9. The molecule has 9 aromatic rings. The molecule has 0 saturated heterocycles. The van der Waals surface area contributed by atoms with Crippen LogP contribution in [-0.2, 0) is 0 Å². The van der Waals surface area contributed by atoms with Crippen LogP contribution in [-0.4, -0.2) is 0 Å². The van der Waals surface area contributed by atoms with Crippen LogP contribution in [0.1, 0.15) is 11.0 Å². The molecule has 0 bridgehead atoms. The van der Waals surface area contributed by atoms with Crippen molar-refractivity contribution in [3.8, 4) is 44.5 Å². The SMILES string of the molecule is [2H]c1c([2H])c([2H])c2c(-c3ccc(-c4ccccc4)c4ccccc34)c3c([2H])c([2H])c([2H])c([2H])c3c(-c3cccc(-c4cccc5ccccc45)c3)c2c1[2H]. The highest BCUT2D eigenvalue weighted by Gasteiger charge is 2.19. The van der Waals surface area contributed by atoms with Crippen molar-refractivity contribution < 1.29 is 11.0 Å². The van der Waals surface area contributed by atoms with Crippen molar-refractivity contribution >= 4 is 43.1 Å². The molecule has 9 rings (SSSR count). The second-order valence-corrected chi connectivity index (χ2v) is 11.4. The summed E-state index contributed by atoms with van der Waals surface area (Å²) < 4.78 is 73.2. The molecule has 0 amide bonds. The topological polar surface area (TPSA) is 0 Å². The van der Waals surface area contributed by atoms with Gasteiger partial charge in [-0.3, -0.25) is 0 Å². The number of hydrogen-bond acceptors (Lipinski definition) is 0. The summed E-state index contributed by atoms with van der Waals surface area (Å²) >= 11 is 0. The molecule has 0 spiro atoms. The first-order chi connectivity index (χ1) is 26.2. The smallest absolute Gasteiger partial charge is 0.0622 e. The maximum Gasteiger partial charge on any atom is 0.0629 e. The summed E-state index contributed by atoms with van der Waals surface area (Å²) in [7, 11) is 0. The third kappa shape index (κ3) is 4.23. The first-order valence-electron chi connectivity index (χ1n) is 19.3. The van der Waals surface area contributed by atoms with Crippen molar-refractivity contribution in [1.82, 2.24) is 0 Å². The highest BCUT2D eigenvalue weighted by Crippen LogP contribution is 2.46. The molecule has 0 atom stereocenters. The molecule has 214 valence electrons. The Bertz CT molecular complexity index is 2940. The molecule has 0 fully saturated rings. The molecule has 46 heavy (non-hydrogen) atoms. The van der Waals surface area contributed by atoms with Gasteiger partial charge in [0.2, 0.25) is 0 Å². The first-order valence-corrected chi connectivity index (χ1v) is 15.3. The maximum absolute atomic E-state index is 9.44. The van der Waals surface area contributed by atoms with Crippen molar-refractivity contribution in [3.63, 3.8) is 0 Å². The lowest BCUT2D eigenvalue weighted by molar-refractivity contribution is 1.63. The van der Waals surface area contributed by atoms with E-state index >= 15 is 0 Å². The van der Waals surface area contributed by atoms with Gasteiger partial charge in [-0.25, -0.2) is 0 Å².